The lowest BCUT2D eigenvalue weighted by Crippen LogP contribution is -2.59. The third kappa shape index (κ3) is 1.92. The highest BCUT2D eigenvalue weighted by molar-refractivity contribution is 4.93. The molecule has 0 aliphatic carbocycles. The van der Waals surface area contributed by atoms with Gasteiger partial charge in [-0.15, -0.1) is 0 Å². The van der Waals surface area contributed by atoms with Crippen LogP contribution in [0, 0.1) is 0 Å². The van der Waals surface area contributed by atoms with Gasteiger partial charge < -0.3 is 10.1 Å². The van der Waals surface area contributed by atoms with Gasteiger partial charge in [0.2, 0.25) is 0 Å². The first kappa shape index (κ1) is 7.95. The van der Waals surface area contributed by atoms with Crippen LogP contribution in [-0.4, -0.2) is 31.5 Å². The van der Waals surface area contributed by atoms with Gasteiger partial charge in [-0.25, -0.2) is 4.39 Å². The molecule has 2 nitrogen and oxygen atoms in total. The van der Waals surface area contributed by atoms with Crippen molar-refractivity contribution in [2.45, 2.75) is 25.6 Å². The standard InChI is InChI=1S/C7H14FNO/c1-6(2)10-5-7(8)3-9-4-7/h6,9H,3-5H2,1-2H3. The molecule has 0 spiro atoms. The van der Waals surface area contributed by atoms with E-state index >= 15 is 0 Å². The average Bonchev–Trinajstić information content (AvgIpc) is 1.79. The molecular formula is C7H14FNO. The maximum absolute atomic E-state index is 13.1. The van der Waals surface area contributed by atoms with E-state index in [2.05, 4.69) is 5.32 Å². The Kier molecular flexibility index (Phi) is 2.26. The Labute approximate surface area is 60.8 Å². The lowest BCUT2D eigenvalue weighted by molar-refractivity contribution is -0.0397. The molecule has 0 atom stereocenters. The maximum Gasteiger partial charge on any atom is 0.158 e. The van der Waals surface area contributed by atoms with Gasteiger partial charge in [0.25, 0.3) is 0 Å². The molecule has 1 heterocycles. The van der Waals surface area contributed by atoms with Crippen LogP contribution in [0.3, 0.4) is 0 Å². The van der Waals surface area contributed by atoms with Gasteiger partial charge in [0, 0.05) is 13.1 Å². The number of rotatable bonds is 3. The Morgan fingerprint density at radius 1 is 1.60 bits per heavy atom. The number of nitrogens with one attached hydrogen (secondary N) is 1. The Hall–Kier alpha value is -0.150. The first-order valence-corrected chi connectivity index (χ1v) is 3.64. The van der Waals surface area contributed by atoms with Gasteiger partial charge in [0.05, 0.1) is 12.7 Å². The average molecular weight is 147 g/mol. The van der Waals surface area contributed by atoms with Crippen LogP contribution in [0.5, 0.6) is 0 Å². The second kappa shape index (κ2) is 2.84. The molecule has 0 amide bonds. The number of hydrogen-bond donors (Lipinski definition) is 1. The minimum Gasteiger partial charge on any atom is -0.375 e. The number of hydrogen-bond acceptors (Lipinski definition) is 2. The van der Waals surface area contributed by atoms with Crippen molar-refractivity contribution in [2.24, 2.45) is 0 Å². The van der Waals surface area contributed by atoms with E-state index in [1.165, 1.54) is 0 Å². The zero-order chi connectivity index (χ0) is 7.61. The molecule has 1 aliphatic heterocycles. The van der Waals surface area contributed by atoms with Gasteiger partial charge in [-0.2, -0.15) is 0 Å². The summed E-state index contributed by atoms with van der Waals surface area (Å²) in [4.78, 5) is 0. The molecule has 1 saturated heterocycles. The summed E-state index contributed by atoms with van der Waals surface area (Å²) in [6.45, 7) is 4.95. The predicted molar refractivity (Wildman–Crippen MR) is 37.8 cm³/mol. The van der Waals surface area contributed by atoms with Crippen molar-refractivity contribution in [1.29, 1.82) is 0 Å². The molecule has 0 aromatic rings. The van der Waals surface area contributed by atoms with Crippen molar-refractivity contribution in [3.8, 4) is 0 Å². The highest BCUT2D eigenvalue weighted by Gasteiger charge is 2.37. The van der Waals surface area contributed by atoms with E-state index < -0.39 is 5.67 Å². The molecule has 0 unspecified atom stereocenters. The zero-order valence-electron chi connectivity index (χ0n) is 6.48. The minimum atomic E-state index is -1.08. The fourth-order valence-corrected chi connectivity index (χ4v) is 0.814. The molecule has 0 saturated carbocycles. The quantitative estimate of drug-likeness (QED) is 0.635. The first-order chi connectivity index (χ1) is 4.62. The molecule has 0 aromatic carbocycles. The normalized spacial score (nSPS) is 22.8. The van der Waals surface area contributed by atoms with E-state index in [0.717, 1.165) is 0 Å². The smallest absolute Gasteiger partial charge is 0.158 e. The molecule has 60 valence electrons. The second-order valence-electron chi connectivity index (χ2n) is 3.11. The van der Waals surface area contributed by atoms with Crippen LogP contribution in [0.1, 0.15) is 13.8 Å². The summed E-state index contributed by atoms with van der Waals surface area (Å²) in [5.74, 6) is 0. The van der Waals surface area contributed by atoms with Crippen LogP contribution in [0.15, 0.2) is 0 Å². The van der Waals surface area contributed by atoms with Crippen molar-refractivity contribution in [3.63, 3.8) is 0 Å². The van der Waals surface area contributed by atoms with Crippen LogP contribution in [0.25, 0.3) is 0 Å². The van der Waals surface area contributed by atoms with Crippen molar-refractivity contribution >= 4 is 0 Å². The van der Waals surface area contributed by atoms with E-state index in [1.54, 1.807) is 0 Å². The second-order valence-corrected chi connectivity index (χ2v) is 3.11. The van der Waals surface area contributed by atoms with Crippen LogP contribution in [0.2, 0.25) is 0 Å². The molecule has 0 aromatic heterocycles. The van der Waals surface area contributed by atoms with Crippen LogP contribution in [-0.2, 0) is 4.74 Å². The summed E-state index contributed by atoms with van der Waals surface area (Å²) in [6, 6.07) is 0. The molecule has 0 bridgehead atoms. The Morgan fingerprint density at radius 2 is 2.20 bits per heavy atom. The van der Waals surface area contributed by atoms with Crippen molar-refractivity contribution in [1.82, 2.24) is 5.32 Å². The van der Waals surface area contributed by atoms with E-state index in [-0.39, 0.29) is 12.7 Å². The van der Waals surface area contributed by atoms with Crippen LogP contribution >= 0.6 is 0 Å². The van der Waals surface area contributed by atoms with Crippen LogP contribution in [0.4, 0.5) is 4.39 Å². The fraction of sp³-hybridized carbons (Fsp3) is 1.00. The molecule has 3 heteroatoms. The molecule has 0 radical (unpaired) electrons. The van der Waals surface area contributed by atoms with E-state index in [0.29, 0.717) is 13.1 Å². The number of ether oxygens (including phenoxy) is 1. The van der Waals surface area contributed by atoms with Gasteiger partial charge in [0.1, 0.15) is 0 Å². The van der Waals surface area contributed by atoms with Gasteiger partial charge >= 0.3 is 0 Å². The summed E-state index contributed by atoms with van der Waals surface area (Å²) >= 11 is 0. The summed E-state index contributed by atoms with van der Waals surface area (Å²) in [6.07, 6.45) is 0.133. The minimum absolute atomic E-state index is 0.133. The Morgan fingerprint density at radius 3 is 2.50 bits per heavy atom. The number of halogens is 1. The van der Waals surface area contributed by atoms with E-state index in [9.17, 15) is 4.39 Å². The van der Waals surface area contributed by atoms with Crippen molar-refractivity contribution < 1.29 is 9.13 Å². The highest BCUT2D eigenvalue weighted by atomic mass is 19.1. The van der Waals surface area contributed by atoms with Crippen molar-refractivity contribution in [2.75, 3.05) is 19.7 Å². The largest absolute Gasteiger partial charge is 0.375 e. The summed E-state index contributed by atoms with van der Waals surface area (Å²) in [7, 11) is 0. The van der Waals surface area contributed by atoms with E-state index in [1.807, 2.05) is 13.8 Å². The summed E-state index contributed by atoms with van der Waals surface area (Å²) in [5.41, 5.74) is -1.08. The maximum atomic E-state index is 13.1. The zero-order valence-corrected chi connectivity index (χ0v) is 6.48. The number of alkyl halides is 1. The lowest BCUT2D eigenvalue weighted by Gasteiger charge is -2.34. The first-order valence-electron chi connectivity index (χ1n) is 3.64. The SMILES string of the molecule is CC(C)OCC1(F)CNC1. The third-order valence-corrected chi connectivity index (χ3v) is 1.56. The summed E-state index contributed by atoms with van der Waals surface area (Å²) < 4.78 is 18.2. The van der Waals surface area contributed by atoms with Gasteiger partial charge in [-0.3, -0.25) is 0 Å². The Balaban J connectivity index is 2.12. The lowest BCUT2D eigenvalue weighted by atomic mass is 10.0. The highest BCUT2D eigenvalue weighted by Crippen LogP contribution is 2.16. The summed E-state index contributed by atoms with van der Waals surface area (Å²) in [5, 5.41) is 2.87. The molecule has 1 rings (SSSR count). The molecule has 1 fully saturated rings. The molecule has 1 N–H and O–H groups in total. The topological polar surface area (TPSA) is 21.3 Å². The third-order valence-electron chi connectivity index (χ3n) is 1.56. The molecule has 10 heavy (non-hydrogen) atoms. The monoisotopic (exact) mass is 147 g/mol. The van der Waals surface area contributed by atoms with Gasteiger partial charge in [0.15, 0.2) is 5.67 Å². The van der Waals surface area contributed by atoms with Gasteiger partial charge in [-0.05, 0) is 13.8 Å². The fourth-order valence-electron chi connectivity index (χ4n) is 0.814. The van der Waals surface area contributed by atoms with E-state index in [4.69, 9.17) is 4.74 Å². The predicted octanol–water partition coefficient (Wildman–Crippen LogP) is 0.723. The Bertz CT molecular complexity index is 112. The van der Waals surface area contributed by atoms with Crippen LogP contribution < -0.4 is 5.32 Å². The van der Waals surface area contributed by atoms with Gasteiger partial charge in [-0.1, -0.05) is 0 Å². The molecule has 1 aliphatic rings. The van der Waals surface area contributed by atoms with Crippen molar-refractivity contribution in [3.05, 3.63) is 0 Å². The molecular weight excluding hydrogens is 133 g/mol.